The lowest BCUT2D eigenvalue weighted by Gasteiger charge is -2.58. The maximum Gasteiger partial charge on any atom is 0.133 e. The average Bonchev–Trinajstić information content (AvgIpc) is 3.41. The highest BCUT2D eigenvalue weighted by Crippen LogP contribution is 2.55. The van der Waals surface area contributed by atoms with Crippen LogP contribution in [-0.2, 0) is 16.6 Å². The highest BCUT2D eigenvalue weighted by molar-refractivity contribution is 5.85. The molecular formula is C21H28ClNO2. The van der Waals surface area contributed by atoms with E-state index in [9.17, 15) is 4.79 Å². The van der Waals surface area contributed by atoms with Crippen LogP contribution in [0, 0.1) is 11.8 Å². The minimum atomic E-state index is 0. The fraction of sp³-hybridized carbons (Fsp3) is 0.667. The van der Waals surface area contributed by atoms with Crippen LogP contribution < -0.4 is 4.74 Å². The summed E-state index contributed by atoms with van der Waals surface area (Å²) in [7, 11) is 1.74. The molecule has 4 heteroatoms. The summed E-state index contributed by atoms with van der Waals surface area (Å²) >= 11 is 0. The van der Waals surface area contributed by atoms with E-state index in [1.54, 1.807) is 7.11 Å². The first-order valence-corrected chi connectivity index (χ1v) is 9.63. The largest absolute Gasteiger partial charge is 0.497 e. The fourth-order valence-electron chi connectivity index (χ4n) is 5.87. The fourth-order valence-corrected chi connectivity index (χ4v) is 5.87. The van der Waals surface area contributed by atoms with Crippen LogP contribution in [0.1, 0.15) is 49.7 Å². The maximum atomic E-state index is 12.4. The maximum absolute atomic E-state index is 12.4. The molecule has 1 aromatic carbocycles. The van der Waals surface area contributed by atoms with E-state index < -0.39 is 0 Å². The molecule has 3 aliphatic carbocycles. The third kappa shape index (κ3) is 2.71. The molecule has 5 rings (SSSR count). The van der Waals surface area contributed by atoms with Crippen molar-refractivity contribution >= 4 is 18.2 Å². The number of fused-ring (bicyclic) bond motifs is 1. The van der Waals surface area contributed by atoms with Gasteiger partial charge in [-0.1, -0.05) is 6.07 Å². The smallest absolute Gasteiger partial charge is 0.133 e. The summed E-state index contributed by atoms with van der Waals surface area (Å²) in [5.41, 5.74) is 2.98. The summed E-state index contributed by atoms with van der Waals surface area (Å²) in [6.45, 7) is 2.46. The second-order valence-corrected chi connectivity index (χ2v) is 8.50. The first-order chi connectivity index (χ1) is 11.7. The van der Waals surface area contributed by atoms with Crippen LogP contribution in [0.25, 0.3) is 0 Å². The van der Waals surface area contributed by atoms with Crippen molar-refractivity contribution in [3.8, 4) is 5.75 Å². The Labute approximate surface area is 156 Å². The van der Waals surface area contributed by atoms with Crippen molar-refractivity contribution in [1.29, 1.82) is 0 Å². The van der Waals surface area contributed by atoms with Crippen molar-refractivity contribution in [1.82, 2.24) is 4.90 Å². The lowest BCUT2D eigenvalue weighted by molar-refractivity contribution is -0.127. The standard InChI is InChI=1S/C21H27NO2.ClH/c1-24-17-6-4-15-10-20-18-7-5-16(23)12-21(18,19(15)11-17)8-9-22(20)13-14-2-3-14;/h4,6,11,14,18,20H,2-3,5,7-10,12-13H2,1H3;1H/t18-,20?,21?;/m0./s1. The van der Waals surface area contributed by atoms with Crippen LogP contribution >= 0.6 is 12.4 Å². The molecule has 4 aliphatic rings. The van der Waals surface area contributed by atoms with Gasteiger partial charge in [0.25, 0.3) is 0 Å². The SMILES string of the molecule is COc1ccc2c(c1)C13CCN(CC4CC4)C(C2)[C@@H]1CCC(=O)C3.Cl. The molecule has 3 fully saturated rings. The van der Waals surface area contributed by atoms with Gasteiger partial charge in [0.2, 0.25) is 0 Å². The molecule has 0 N–H and O–H groups in total. The second-order valence-electron chi connectivity index (χ2n) is 8.50. The molecule has 2 bridgehead atoms. The molecule has 1 saturated heterocycles. The third-order valence-corrected chi connectivity index (χ3v) is 7.21. The topological polar surface area (TPSA) is 29.5 Å². The Morgan fingerprint density at radius 1 is 1.28 bits per heavy atom. The Kier molecular flexibility index (Phi) is 4.36. The number of benzene rings is 1. The van der Waals surface area contributed by atoms with Gasteiger partial charge >= 0.3 is 0 Å². The number of hydrogen-bond donors (Lipinski definition) is 0. The second kappa shape index (κ2) is 6.28. The molecule has 0 aromatic heterocycles. The molecule has 1 aromatic rings. The monoisotopic (exact) mass is 361 g/mol. The summed E-state index contributed by atoms with van der Waals surface area (Å²) in [6.07, 6.45) is 7.78. The Hall–Kier alpha value is -1.06. The Morgan fingerprint density at radius 3 is 2.88 bits per heavy atom. The summed E-state index contributed by atoms with van der Waals surface area (Å²) in [5, 5.41) is 0. The number of likely N-dealkylation sites (tertiary alicyclic amines) is 1. The molecule has 3 nitrogen and oxygen atoms in total. The first-order valence-electron chi connectivity index (χ1n) is 9.63. The number of Topliss-reactive ketones (excluding diaryl/α,β-unsaturated/α-hetero) is 1. The zero-order valence-electron chi connectivity index (χ0n) is 15.0. The number of halogens is 1. The molecule has 2 unspecified atom stereocenters. The van der Waals surface area contributed by atoms with Gasteiger partial charge in [0.15, 0.2) is 0 Å². The average molecular weight is 362 g/mol. The number of carbonyl (C=O) groups excluding carboxylic acids is 1. The van der Waals surface area contributed by atoms with Gasteiger partial charge in [0, 0.05) is 30.8 Å². The molecular weight excluding hydrogens is 334 g/mol. The van der Waals surface area contributed by atoms with Crippen LogP contribution in [0.4, 0.5) is 0 Å². The van der Waals surface area contributed by atoms with Crippen molar-refractivity contribution < 1.29 is 9.53 Å². The number of methoxy groups -OCH3 is 1. The Bertz CT molecular complexity index is 686. The van der Waals surface area contributed by atoms with E-state index in [1.165, 1.54) is 37.1 Å². The minimum Gasteiger partial charge on any atom is -0.497 e. The number of carbonyl (C=O) groups is 1. The summed E-state index contributed by atoms with van der Waals surface area (Å²) in [4.78, 5) is 15.2. The van der Waals surface area contributed by atoms with Gasteiger partial charge in [-0.2, -0.15) is 0 Å². The summed E-state index contributed by atoms with van der Waals surface area (Å²) in [6, 6.07) is 7.25. The van der Waals surface area contributed by atoms with Gasteiger partial charge in [-0.05, 0) is 73.7 Å². The van der Waals surface area contributed by atoms with Crippen LogP contribution in [0.5, 0.6) is 5.75 Å². The van der Waals surface area contributed by atoms with Gasteiger partial charge in [0.1, 0.15) is 11.5 Å². The van der Waals surface area contributed by atoms with E-state index in [0.29, 0.717) is 17.7 Å². The number of nitrogens with zero attached hydrogens (tertiary/aromatic N) is 1. The zero-order chi connectivity index (χ0) is 16.3. The van der Waals surface area contributed by atoms with E-state index in [-0.39, 0.29) is 17.8 Å². The Balaban J connectivity index is 0.00000157. The van der Waals surface area contributed by atoms with Gasteiger partial charge < -0.3 is 4.74 Å². The molecule has 1 heterocycles. The summed E-state index contributed by atoms with van der Waals surface area (Å²) in [5.74, 6) is 3.01. The normalized spacial score (nSPS) is 33.9. The van der Waals surface area contributed by atoms with Gasteiger partial charge in [-0.25, -0.2) is 0 Å². The number of rotatable bonds is 3. The molecule has 25 heavy (non-hydrogen) atoms. The van der Waals surface area contributed by atoms with E-state index in [1.807, 2.05) is 0 Å². The third-order valence-electron chi connectivity index (χ3n) is 7.21. The number of piperidine rings is 1. The molecule has 0 radical (unpaired) electrons. The van der Waals surface area contributed by atoms with E-state index in [0.717, 1.165) is 43.8 Å². The van der Waals surface area contributed by atoms with Crippen LogP contribution in [0.3, 0.4) is 0 Å². The highest BCUT2D eigenvalue weighted by Gasteiger charge is 2.55. The van der Waals surface area contributed by atoms with Crippen molar-refractivity contribution in [2.24, 2.45) is 11.8 Å². The molecule has 136 valence electrons. The quantitative estimate of drug-likeness (QED) is 0.820. The van der Waals surface area contributed by atoms with Crippen LogP contribution in [-0.4, -0.2) is 36.9 Å². The van der Waals surface area contributed by atoms with Gasteiger partial charge in [0.05, 0.1) is 7.11 Å². The first kappa shape index (κ1) is 17.4. The summed E-state index contributed by atoms with van der Waals surface area (Å²) < 4.78 is 5.51. The van der Waals surface area contributed by atoms with Crippen molar-refractivity contribution in [3.63, 3.8) is 0 Å². The molecule has 0 spiro atoms. The van der Waals surface area contributed by atoms with E-state index in [2.05, 4.69) is 23.1 Å². The minimum absolute atomic E-state index is 0. The lowest BCUT2D eigenvalue weighted by atomic mass is 9.52. The Morgan fingerprint density at radius 2 is 2.12 bits per heavy atom. The highest BCUT2D eigenvalue weighted by atomic mass is 35.5. The zero-order valence-corrected chi connectivity index (χ0v) is 15.8. The van der Waals surface area contributed by atoms with E-state index >= 15 is 0 Å². The lowest BCUT2D eigenvalue weighted by Crippen LogP contribution is -2.62. The van der Waals surface area contributed by atoms with E-state index in [4.69, 9.17) is 4.74 Å². The van der Waals surface area contributed by atoms with Crippen molar-refractivity contribution in [2.75, 3.05) is 20.2 Å². The molecule has 1 aliphatic heterocycles. The van der Waals surface area contributed by atoms with Gasteiger partial charge in [-0.3, -0.25) is 9.69 Å². The number of hydrogen-bond acceptors (Lipinski definition) is 3. The number of ether oxygens (including phenoxy) is 1. The van der Waals surface area contributed by atoms with Crippen LogP contribution in [0.2, 0.25) is 0 Å². The van der Waals surface area contributed by atoms with Crippen molar-refractivity contribution in [3.05, 3.63) is 29.3 Å². The predicted octanol–water partition coefficient (Wildman–Crippen LogP) is 3.76. The van der Waals surface area contributed by atoms with Crippen molar-refractivity contribution in [2.45, 2.75) is 56.4 Å². The predicted molar refractivity (Wildman–Crippen MR) is 101 cm³/mol. The van der Waals surface area contributed by atoms with Gasteiger partial charge in [-0.15, -0.1) is 12.4 Å². The number of ketones is 1. The van der Waals surface area contributed by atoms with Crippen LogP contribution in [0.15, 0.2) is 18.2 Å². The molecule has 2 saturated carbocycles. The molecule has 0 amide bonds. The molecule has 3 atom stereocenters.